The van der Waals surface area contributed by atoms with Crippen molar-refractivity contribution in [1.29, 1.82) is 0 Å². The monoisotopic (exact) mass is 593 g/mol. The van der Waals surface area contributed by atoms with Gasteiger partial charge in [0, 0.05) is 41.5 Å². The quantitative estimate of drug-likeness (QED) is 0.296. The van der Waals surface area contributed by atoms with Gasteiger partial charge >= 0.3 is 6.18 Å². The van der Waals surface area contributed by atoms with Crippen molar-refractivity contribution in [3.63, 3.8) is 0 Å². The molecule has 0 saturated carbocycles. The van der Waals surface area contributed by atoms with Gasteiger partial charge in [0.25, 0.3) is 5.91 Å². The van der Waals surface area contributed by atoms with Gasteiger partial charge in [0.15, 0.2) is 0 Å². The van der Waals surface area contributed by atoms with Gasteiger partial charge in [-0.15, -0.1) is 0 Å². The van der Waals surface area contributed by atoms with Crippen molar-refractivity contribution in [3.8, 4) is 11.3 Å². The summed E-state index contributed by atoms with van der Waals surface area (Å²) >= 11 is 0. The molecule has 0 aliphatic carbocycles. The minimum atomic E-state index is -4.56. The normalized spacial score (nSPS) is 19.0. The van der Waals surface area contributed by atoms with Crippen molar-refractivity contribution in [2.45, 2.75) is 44.9 Å². The molecule has 2 atom stereocenters. The molecule has 0 spiro atoms. The van der Waals surface area contributed by atoms with E-state index in [2.05, 4.69) is 20.6 Å². The molecule has 1 aliphatic heterocycles. The summed E-state index contributed by atoms with van der Waals surface area (Å²) in [6.07, 6.45) is 2.69. The Morgan fingerprint density at radius 2 is 1.93 bits per heavy atom. The first kappa shape index (κ1) is 29.7. The number of anilines is 2. The van der Waals surface area contributed by atoms with Crippen LogP contribution in [-0.4, -0.2) is 50.8 Å². The van der Waals surface area contributed by atoms with Crippen molar-refractivity contribution >= 4 is 40.4 Å². The second kappa shape index (κ2) is 12.2. The lowest BCUT2D eigenvalue weighted by atomic mass is 10.0. The molecular formula is C30H30F3N7O3. The van der Waals surface area contributed by atoms with Gasteiger partial charge in [-0.3, -0.25) is 14.3 Å². The van der Waals surface area contributed by atoms with Gasteiger partial charge in [-0.2, -0.15) is 18.3 Å². The lowest BCUT2D eigenvalue weighted by Crippen LogP contribution is -2.34. The SMILES string of the molecule is C[C@@H]1C[C@@H](C)n2nc(-c3ccc(C(=O)Nc4cc(C(F)(F)F)ccn4)cc3)c3c(N)ncc(c32)/C=C/COCCC(=O)N1. The molecule has 224 valence electrons. The van der Waals surface area contributed by atoms with Crippen molar-refractivity contribution < 1.29 is 27.5 Å². The number of nitrogen functional groups attached to an aromatic ring is 1. The largest absolute Gasteiger partial charge is 0.416 e. The first-order chi connectivity index (χ1) is 20.5. The van der Waals surface area contributed by atoms with Crippen LogP contribution in [0.3, 0.4) is 0 Å². The van der Waals surface area contributed by atoms with Crippen molar-refractivity contribution in [1.82, 2.24) is 25.1 Å². The van der Waals surface area contributed by atoms with Crippen molar-refractivity contribution in [2.24, 2.45) is 0 Å². The summed E-state index contributed by atoms with van der Waals surface area (Å²) in [5.74, 6) is -0.648. The van der Waals surface area contributed by atoms with Crippen LogP contribution in [0, 0.1) is 0 Å². The Labute approximate surface area is 245 Å². The van der Waals surface area contributed by atoms with Crippen LogP contribution in [0.25, 0.3) is 28.2 Å². The Morgan fingerprint density at radius 1 is 1.16 bits per heavy atom. The molecule has 13 heteroatoms. The Morgan fingerprint density at radius 3 is 2.67 bits per heavy atom. The molecule has 43 heavy (non-hydrogen) atoms. The number of aromatic nitrogens is 4. The zero-order chi connectivity index (χ0) is 30.7. The van der Waals surface area contributed by atoms with Crippen LogP contribution in [0.5, 0.6) is 0 Å². The highest BCUT2D eigenvalue weighted by Gasteiger charge is 2.31. The Kier molecular flexibility index (Phi) is 8.44. The van der Waals surface area contributed by atoms with E-state index in [1.165, 1.54) is 0 Å². The Hall–Kier alpha value is -4.78. The van der Waals surface area contributed by atoms with Gasteiger partial charge in [0.2, 0.25) is 5.91 Å². The maximum atomic E-state index is 13.1. The summed E-state index contributed by atoms with van der Waals surface area (Å²) in [5, 5.41) is 11.0. The fraction of sp³-hybridized carbons (Fsp3) is 0.300. The van der Waals surface area contributed by atoms with Crippen LogP contribution in [0.4, 0.5) is 24.8 Å². The maximum Gasteiger partial charge on any atom is 0.416 e. The van der Waals surface area contributed by atoms with Crippen molar-refractivity contribution in [3.05, 3.63) is 71.6 Å². The van der Waals surface area contributed by atoms with Gasteiger partial charge in [0.05, 0.1) is 35.7 Å². The summed E-state index contributed by atoms with van der Waals surface area (Å²) in [7, 11) is 0. The highest BCUT2D eigenvalue weighted by molar-refractivity contribution is 6.06. The lowest BCUT2D eigenvalue weighted by molar-refractivity contribution is -0.137. The average Bonchev–Trinajstić information content (AvgIpc) is 3.37. The average molecular weight is 594 g/mol. The number of hydrogen-bond acceptors (Lipinski definition) is 7. The minimum absolute atomic E-state index is 0.0890. The highest BCUT2D eigenvalue weighted by atomic mass is 19.4. The zero-order valence-corrected chi connectivity index (χ0v) is 23.5. The minimum Gasteiger partial charge on any atom is -0.383 e. The summed E-state index contributed by atoms with van der Waals surface area (Å²) in [5.41, 5.74) is 8.45. The third kappa shape index (κ3) is 6.67. The van der Waals surface area contributed by atoms with E-state index in [-0.39, 0.29) is 41.6 Å². The maximum absolute atomic E-state index is 13.1. The number of alkyl halides is 3. The van der Waals surface area contributed by atoms with E-state index >= 15 is 0 Å². The van der Waals surface area contributed by atoms with Gasteiger partial charge in [-0.1, -0.05) is 24.3 Å². The predicted octanol–water partition coefficient (Wildman–Crippen LogP) is 5.24. The first-order valence-electron chi connectivity index (χ1n) is 13.7. The van der Waals surface area contributed by atoms with Gasteiger partial charge in [-0.25, -0.2) is 9.97 Å². The molecule has 0 radical (unpaired) electrons. The molecule has 4 N–H and O–H groups in total. The lowest BCUT2D eigenvalue weighted by Gasteiger charge is -2.20. The number of pyridine rings is 2. The Balaban J connectivity index is 1.50. The van der Waals surface area contributed by atoms with E-state index in [4.69, 9.17) is 15.6 Å². The number of amides is 2. The number of nitrogens with zero attached hydrogens (tertiary/aromatic N) is 4. The van der Waals surface area contributed by atoms with E-state index < -0.39 is 17.6 Å². The molecule has 2 amide bonds. The summed E-state index contributed by atoms with van der Waals surface area (Å²) in [6, 6.07) is 7.81. The number of halogens is 3. The summed E-state index contributed by atoms with van der Waals surface area (Å²) in [4.78, 5) is 33.3. The van der Waals surface area contributed by atoms with E-state index in [1.54, 1.807) is 30.5 Å². The molecular weight excluding hydrogens is 563 g/mol. The molecule has 0 saturated heterocycles. The molecule has 1 aromatic carbocycles. The molecule has 5 rings (SSSR count). The topological polar surface area (TPSA) is 137 Å². The zero-order valence-electron chi connectivity index (χ0n) is 23.5. The fourth-order valence-corrected chi connectivity index (χ4v) is 5.01. The fourth-order valence-electron chi connectivity index (χ4n) is 5.01. The standard InChI is InChI=1S/C30H30F3N7O3/c1-17-14-18(2)40-27-21(4-3-12-43-13-10-24(41)37-17)16-36-28(34)25(27)26(39-40)19-5-7-20(8-6-19)29(42)38-23-15-22(9-11-35-23)30(31,32)33/h3-9,11,15-18H,10,12-14H2,1-2H3,(H2,34,36)(H,37,41)(H,35,38,42)/b4-3+/t17-,18-/m1/s1. The van der Waals surface area contributed by atoms with E-state index in [9.17, 15) is 22.8 Å². The number of nitrogens with two attached hydrogens (primary N) is 1. The van der Waals surface area contributed by atoms with Gasteiger partial charge in [-0.05, 0) is 44.5 Å². The van der Waals surface area contributed by atoms with Crippen LogP contribution in [-0.2, 0) is 15.7 Å². The van der Waals surface area contributed by atoms with Crippen molar-refractivity contribution in [2.75, 3.05) is 24.3 Å². The number of rotatable bonds is 3. The van der Waals surface area contributed by atoms with Gasteiger partial charge < -0.3 is 21.1 Å². The van der Waals surface area contributed by atoms with Crippen LogP contribution >= 0.6 is 0 Å². The molecule has 3 aromatic heterocycles. The van der Waals surface area contributed by atoms with E-state index in [1.807, 2.05) is 30.7 Å². The number of benzene rings is 1. The van der Waals surface area contributed by atoms with E-state index in [0.29, 0.717) is 36.3 Å². The van der Waals surface area contributed by atoms with Gasteiger partial charge in [0.1, 0.15) is 17.3 Å². The van der Waals surface area contributed by atoms with Crippen LogP contribution in [0.15, 0.2) is 54.9 Å². The number of carbonyl (C=O) groups excluding carboxylic acids is 2. The van der Waals surface area contributed by atoms with E-state index in [0.717, 1.165) is 29.4 Å². The second-order valence-electron chi connectivity index (χ2n) is 10.4. The number of ether oxygens (including phenoxy) is 1. The molecule has 1 aliphatic rings. The second-order valence-corrected chi connectivity index (χ2v) is 10.4. The highest BCUT2D eigenvalue weighted by Crippen LogP contribution is 2.36. The first-order valence-corrected chi connectivity index (χ1v) is 13.7. The number of carbonyl (C=O) groups is 2. The molecule has 4 heterocycles. The molecule has 0 fully saturated rings. The summed E-state index contributed by atoms with van der Waals surface area (Å²) in [6.45, 7) is 4.56. The molecule has 0 unspecified atom stereocenters. The van der Waals surface area contributed by atoms with Crippen LogP contribution in [0.2, 0.25) is 0 Å². The third-order valence-corrected chi connectivity index (χ3v) is 7.04. The number of nitrogens with one attached hydrogen (secondary N) is 2. The smallest absolute Gasteiger partial charge is 0.383 e. The van der Waals surface area contributed by atoms with Crippen LogP contribution in [0.1, 0.15) is 54.2 Å². The summed E-state index contributed by atoms with van der Waals surface area (Å²) < 4.78 is 46.6. The predicted molar refractivity (Wildman–Crippen MR) is 156 cm³/mol. The molecule has 0 bridgehead atoms. The molecule has 4 aromatic rings. The Bertz CT molecular complexity index is 1680. The third-order valence-electron chi connectivity index (χ3n) is 7.04. The van der Waals surface area contributed by atoms with Crippen LogP contribution < -0.4 is 16.4 Å². The molecule has 10 nitrogen and oxygen atoms in total. The number of hydrogen-bond donors (Lipinski definition) is 3.